The molecule has 0 atom stereocenters. The van der Waals surface area contributed by atoms with Gasteiger partial charge in [0.1, 0.15) is 22.5 Å². The minimum Gasteiger partial charge on any atom is -0.277 e. The maximum Gasteiger partial charge on any atom is 0.263 e. The van der Waals surface area contributed by atoms with Crippen LogP contribution in [0.1, 0.15) is 5.69 Å². The molecule has 8 heteroatoms. The maximum absolute atomic E-state index is 13.5. The first-order chi connectivity index (χ1) is 9.42. The van der Waals surface area contributed by atoms with Crippen molar-refractivity contribution in [3.63, 3.8) is 0 Å². The third-order valence-corrected chi connectivity index (χ3v) is 3.92. The lowest BCUT2D eigenvalue weighted by Gasteiger charge is -2.09. The van der Waals surface area contributed by atoms with Crippen LogP contribution in [0.25, 0.3) is 0 Å². The number of pyridine rings is 1. The molecular weight excluding hydrogens is 305 g/mol. The summed E-state index contributed by atoms with van der Waals surface area (Å²) in [6.07, 6.45) is 1.02. The standard InChI is InChI=1S/C12H7ClFN3O2S/c13-8-1-4-11(14)12(5-8)17-20(18,19)10-3-2-9(6-15)16-7-10/h1-5,7,17H. The van der Waals surface area contributed by atoms with Crippen molar-refractivity contribution >= 4 is 27.3 Å². The van der Waals surface area contributed by atoms with E-state index in [1.807, 2.05) is 0 Å². The summed E-state index contributed by atoms with van der Waals surface area (Å²) < 4.78 is 39.6. The van der Waals surface area contributed by atoms with Crippen LogP contribution in [0.15, 0.2) is 41.4 Å². The van der Waals surface area contributed by atoms with Crippen molar-refractivity contribution in [1.29, 1.82) is 5.26 Å². The number of anilines is 1. The largest absolute Gasteiger partial charge is 0.277 e. The lowest BCUT2D eigenvalue weighted by molar-refractivity contribution is 0.598. The fraction of sp³-hybridized carbons (Fsp3) is 0. The van der Waals surface area contributed by atoms with Crippen molar-refractivity contribution in [3.05, 3.63) is 53.1 Å². The Labute approximate surface area is 119 Å². The minimum absolute atomic E-state index is 0.0814. The SMILES string of the molecule is N#Cc1ccc(S(=O)(=O)Nc2cc(Cl)ccc2F)cn1. The van der Waals surface area contributed by atoms with Crippen LogP contribution in [0.3, 0.4) is 0 Å². The predicted molar refractivity (Wildman–Crippen MR) is 71.2 cm³/mol. The van der Waals surface area contributed by atoms with Crippen LogP contribution in [0.5, 0.6) is 0 Å². The average Bonchev–Trinajstić information content (AvgIpc) is 2.43. The molecule has 0 fully saturated rings. The Kier molecular flexibility index (Phi) is 3.88. The van der Waals surface area contributed by atoms with Crippen LogP contribution >= 0.6 is 11.6 Å². The Morgan fingerprint density at radius 1 is 1.30 bits per heavy atom. The molecule has 102 valence electrons. The predicted octanol–water partition coefficient (Wildman–Crippen LogP) is 2.55. The fourth-order valence-electron chi connectivity index (χ4n) is 1.38. The molecule has 0 amide bonds. The molecule has 1 N–H and O–H groups in total. The summed E-state index contributed by atoms with van der Waals surface area (Å²) >= 11 is 5.68. The highest BCUT2D eigenvalue weighted by Crippen LogP contribution is 2.22. The first kappa shape index (κ1) is 14.2. The molecule has 0 bridgehead atoms. The lowest BCUT2D eigenvalue weighted by atomic mass is 10.3. The summed E-state index contributed by atoms with van der Waals surface area (Å²) in [5.74, 6) is -0.750. The Morgan fingerprint density at radius 2 is 2.05 bits per heavy atom. The average molecular weight is 312 g/mol. The zero-order valence-electron chi connectivity index (χ0n) is 9.84. The van der Waals surface area contributed by atoms with Gasteiger partial charge in [-0.15, -0.1) is 0 Å². The molecule has 20 heavy (non-hydrogen) atoms. The number of halogens is 2. The number of hydrogen-bond donors (Lipinski definition) is 1. The van der Waals surface area contributed by atoms with Gasteiger partial charge in [0.05, 0.1) is 5.69 Å². The van der Waals surface area contributed by atoms with E-state index in [4.69, 9.17) is 16.9 Å². The van der Waals surface area contributed by atoms with E-state index in [1.54, 1.807) is 6.07 Å². The van der Waals surface area contributed by atoms with Crippen LogP contribution < -0.4 is 4.72 Å². The molecule has 1 aromatic carbocycles. The molecule has 0 saturated carbocycles. The molecule has 0 radical (unpaired) electrons. The molecule has 0 spiro atoms. The third kappa shape index (κ3) is 3.04. The van der Waals surface area contributed by atoms with E-state index in [2.05, 4.69) is 9.71 Å². The van der Waals surface area contributed by atoms with Gasteiger partial charge in [-0.25, -0.2) is 17.8 Å². The summed E-state index contributed by atoms with van der Waals surface area (Å²) in [6, 6.07) is 7.74. The topological polar surface area (TPSA) is 82.8 Å². The lowest BCUT2D eigenvalue weighted by Crippen LogP contribution is -2.14. The second-order valence-corrected chi connectivity index (χ2v) is 5.84. The van der Waals surface area contributed by atoms with Crippen molar-refractivity contribution in [2.24, 2.45) is 0 Å². The summed E-state index contributed by atoms with van der Waals surface area (Å²) in [5, 5.41) is 8.79. The summed E-state index contributed by atoms with van der Waals surface area (Å²) in [4.78, 5) is 3.46. The monoisotopic (exact) mass is 311 g/mol. The fourth-order valence-corrected chi connectivity index (χ4v) is 2.56. The molecular formula is C12H7ClFN3O2S. The van der Waals surface area contributed by atoms with Gasteiger partial charge in [-0.3, -0.25) is 4.72 Å². The molecule has 1 heterocycles. The van der Waals surface area contributed by atoms with Crippen LogP contribution in [-0.4, -0.2) is 13.4 Å². The highest BCUT2D eigenvalue weighted by Gasteiger charge is 2.17. The summed E-state index contributed by atoms with van der Waals surface area (Å²) in [7, 11) is -4.00. The van der Waals surface area contributed by atoms with Crippen molar-refractivity contribution < 1.29 is 12.8 Å². The molecule has 0 unspecified atom stereocenters. The van der Waals surface area contributed by atoms with Crippen molar-refractivity contribution in [2.75, 3.05) is 4.72 Å². The number of aromatic nitrogens is 1. The van der Waals surface area contributed by atoms with Crippen LogP contribution in [0.4, 0.5) is 10.1 Å². The normalized spacial score (nSPS) is 10.8. The molecule has 0 aliphatic rings. The summed E-state index contributed by atoms with van der Waals surface area (Å²) in [6.45, 7) is 0. The highest BCUT2D eigenvalue weighted by molar-refractivity contribution is 7.92. The van der Waals surface area contributed by atoms with E-state index in [1.165, 1.54) is 18.2 Å². The van der Waals surface area contributed by atoms with Gasteiger partial charge in [-0.05, 0) is 30.3 Å². The number of nitriles is 1. The molecule has 5 nitrogen and oxygen atoms in total. The molecule has 0 saturated heterocycles. The van der Waals surface area contributed by atoms with E-state index in [0.717, 1.165) is 18.3 Å². The van der Waals surface area contributed by atoms with Crippen molar-refractivity contribution in [1.82, 2.24) is 4.98 Å². The highest BCUT2D eigenvalue weighted by atomic mass is 35.5. The number of benzene rings is 1. The van der Waals surface area contributed by atoms with Crippen molar-refractivity contribution in [2.45, 2.75) is 4.90 Å². The van der Waals surface area contributed by atoms with Gasteiger partial charge >= 0.3 is 0 Å². The number of nitrogens with zero attached hydrogens (tertiary/aromatic N) is 2. The summed E-state index contributed by atoms with van der Waals surface area (Å²) in [5.41, 5.74) is -0.181. The van der Waals surface area contributed by atoms with Gasteiger partial charge in [0.2, 0.25) is 0 Å². The smallest absolute Gasteiger partial charge is 0.263 e. The minimum atomic E-state index is -4.00. The van der Waals surface area contributed by atoms with Crippen LogP contribution in [0, 0.1) is 17.1 Å². The van der Waals surface area contributed by atoms with Gasteiger partial charge in [0.15, 0.2) is 0 Å². The van der Waals surface area contributed by atoms with Crippen molar-refractivity contribution in [3.8, 4) is 6.07 Å². The molecule has 2 rings (SSSR count). The van der Waals surface area contributed by atoms with E-state index in [0.29, 0.717) is 0 Å². The van der Waals surface area contributed by atoms with E-state index in [9.17, 15) is 12.8 Å². The van der Waals surface area contributed by atoms with Gasteiger partial charge in [0, 0.05) is 11.2 Å². The first-order valence-electron chi connectivity index (χ1n) is 5.26. The Bertz CT molecular complexity index is 785. The second kappa shape index (κ2) is 5.45. The Balaban J connectivity index is 2.35. The quantitative estimate of drug-likeness (QED) is 0.944. The first-order valence-corrected chi connectivity index (χ1v) is 7.12. The Morgan fingerprint density at radius 3 is 2.65 bits per heavy atom. The van der Waals surface area contributed by atoms with E-state index >= 15 is 0 Å². The molecule has 0 aliphatic carbocycles. The zero-order valence-corrected chi connectivity index (χ0v) is 11.4. The third-order valence-electron chi connectivity index (χ3n) is 2.33. The van der Waals surface area contributed by atoms with E-state index < -0.39 is 15.8 Å². The molecule has 2 aromatic rings. The number of sulfonamides is 1. The van der Waals surface area contributed by atoms with Gasteiger partial charge in [0.25, 0.3) is 10.0 Å². The molecule has 0 aliphatic heterocycles. The second-order valence-electron chi connectivity index (χ2n) is 3.72. The molecule has 1 aromatic heterocycles. The zero-order chi connectivity index (χ0) is 14.8. The van der Waals surface area contributed by atoms with Gasteiger partial charge in [-0.1, -0.05) is 11.6 Å². The van der Waals surface area contributed by atoms with Gasteiger partial charge < -0.3 is 0 Å². The van der Waals surface area contributed by atoms with Crippen LogP contribution in [0.2, 0.25) is 5.02 Å². The number of rotatable bonds is 3. The van der Waals surface area contributed by atoms with Crippen LogP contribution in [-0.2, 0) is 10.0 Å². The van der Waals surface area contributed by atoms with E-state index in [-0.39, 0.29) is 21.3 Å². The maximum atomic E-state index is 13.5. The number of hydrogen-bond acceptors (Lipinski definition) is 4. The van der Waals surface area contributed by atoms with Gasteiger partial charge in [-0.2, -0.15) is 5.26 Å². The Hall–Kier alpha value is -2.17. The number of nitrogens with one attached hydrogen (secondary N) is 1.